The SMILES string of the molecule is CCCN1CCC(N(CC)CC2CCCCN2)CC1. The topological polar surface area (TPSA) is 18.5 Å². The van der Waals surface area contributed by atoms with Crippen molar-refractivity contribution in [3.63, 3.8) is 0 Å². The number of hydrogen-bond acceptors (Lipinski definition) is 3. The molecule has 0 bridgehead atoms. The van der Waals surface area contributed by atoms with Gasteiger partial charge in [0.1, 0.15) is 0 Å². The summed E-state index contributed by atoms with van der Waals surface area (Å²) >= 11 is 0. The monoisotopic (exact) mass is 267 g/mol. The smallest absolute Gasteiger partial charge is 0.0195 e. The Morgan fingerprint density at radius 1 is 1.11 bits per heavy atom. The third-order valence-corrected chi connectivity index (χ3v) is 4.89. The summed E-state index contributed by atoms with van der Waals surface area (Å²) in [5, 5.41) is 3.70. The van der Waals surface area contributed by atoms with Crippen molar-refractivity contribution in [1.29, 1.82) is 0 Å². The lowest BCUT2D eigenvalue weighted by atomic mass is 10.00. The van der Waals surface area contributed by atoms with E-state index in [4.69, 9.17) is 0 Å². The van der Waals surface area contributed by atoms with E-state index in [-0.39, 0.29) is 0 Å². The number of likely N-dealkylation sites (N-methyl/N-ethyl adjacent to an activating group) is 1. The molecule has 2 aliphatic rings. The molecule has 0 aromatic carbocycles. The van der Waals surface area contributed by atoms with E-state index in [1.54, 1.807) is 0 Å². The van der Waals surface area contributed by atoms with Crippen molar-refractivity contribution in [3.8, 4) is 0 Å². The van der Waals surface area contributed by atoms with Gasteiger partial charge < -0.3 is 10.2 Å². The van der Waals surface area contributed by atoms with E-state index >= 15 is 0 Å². The fourth-order valence-electron chi connectivity index (χ4n) is 3.72. The summed E-state index contributed by atoms with van der Waals surface area (Å²) in [4.78, 5) is 5.38. The van der Waals surface area contributed by atoms with Gasteiger partial charge in [-0.05, 0) is 64.8 Å². The Bertz CT molecular complexity index is 230. The van der Waals surface area contributed by atoms with E-state index < -0.39 is 0 Å². The molecule has 2 heterocycles. The maximum atomic E-state index is 3.70. The molecule has 0 spiro atoms. The number of nitrogens with one attached hydrogen (secondary N) is 1. The number of rotatable bonds is 6. The molecule has 3 heteroatoms. The van der Waals surface area contributed by atoms with E-state index in [0.717, 1.165) is 12.1 Å². The van der Waals surface area contributed by atoms with Crippen molar-refractivity contribution in [2.45, 2.75) is 64.5 Å². The summed E-state index contributed by atoms with van der Waals surface area (Å²) in [6.45, 7) is 12.3. The predicted molar refractivity (Wildman–Crippen MR) is 82.6 cm³/mol. The summed E-state index contributed by atoms with van der Waals surface area (Å²) in [5.74, 6) is 0. The average molecular weight is 267 g/mol. The van der Waals surface area contributed by atoms with Gasteiger partial charge in [-0.15, -0.1) is 0 Å². The van der Waals surface area contributed by atoms with Crippen LogP contribution < -0.4 is 5.32 Å². The first-order chi connectivity index (χ1) is 9.33. The second-order valence-electron chi connectivity index (χ2n) is 6.31. The van der Waals surface area contributed by atoms with E-state index in [1.165, 1.54) is 77.8 Å². The molecule has 1 N–H and O–H groups in total. The zero-order valence-corrected chi connectivity index (χ0v) is 13.0. The molecular formula is C16H33N3. The highest BCUT2D eigenvalue weighted by Crippen LogP contribution is 2.18. The molecule has 112 valence electrons. The molecule has 0 saturated carbocycles. The second-order valence-corrected chi connectivity index (χ2v) is 6.31. The van der Waals surface area contributed by atoms with Crippen LogP contribution in [-0.4, -0.2) is 61.2 Å². The van der Waals surface area contributed by atoms with Crippen LogP contribution in [-0.2, 0) is 0 Å². The van der Waals surface area contributed by atoms with Crippen LogP contribution in [0.25, 0.3) is 0 Å². The lowest BCUT2D eigenvalue weighted by molar-refractivity contribution is 0.100. The van der Waals surface area contributed by atoms with Crippen molar-refractivity contribution >= 4 is 0 Å². The Balaban J connectivity index is 1.75. The largest absolute Gasteiger partial charge is 0.313 e. The zero-order valence-electron chi connectivity index (χ0n) is 13.0. The van der Waals surface area contributed by atoms with Crippen LogP contribution in [0.1, 0.15) is 52.4 Å². The highest BCUT2D eigenvalue weighted by atomic mass is 15.2. The second kappa shape index (κ2) is 8.23. The molecule has 0 radical (unpaired) electrons. The van der Waals surface area contributed by atoms with Gasteiger partial charge in [0.05, 0.1) is 0 Å². The molecule has 0 aromatic heterocycles. The van der Waals surface area contributed by atoms with Crippen LogP contribution in [0.4, 0.5) is 0 Å². The molecule has 0 amide bonds. The number of likely N-dealkylation sites (tertiary alicyclic amines) is 1. The van der Waals surface area contributed by atoms with E-state index in [0.29, 0.717) is 0 Å². The van der Waals surface area contributed by atoms with Crippen molar-refractivity contribution in [3.05, 3.63) is 0 Å². The zero-order chi connectivity index (χ0) is 13.5. The van der Waals surface area contributed by atoms with Crippen LogP contribution in [0.3, 0.4) is 0 Å². The Labute approximate surface area is 119 Å². The van der Waals surface area contributed by atoms with Crippen LogP contribution in [0.15, 0.2) is 0 Å². The average Bonchev–Trinajstić information content (AvgIpc) is 2.47. The molecule has 19 heavy (non-hydrogen) atoms. The quantitative estimate of drug-likeness (QED) is 0.797. The van der Waals surface area contributed by atoms with Crippen molar-refractivity contribution < 1.29 is 0 Å². The Morgan fingerprint density at radius 2 is 1.89 bits per heavy atom. The van der Waals surface area contributed by atoms with E-state index in [2.05, 4.69) is 29.0 Å². The number of hydrogen-bond donors (Lipinski definition) is 1. The maximum Gasteiger partial charge on any atom is 0.0195 e. The summed E-state index contributed by atoms with van der Waals surface area (Å²) in [6.07, 6.45) is 8.22. The standard InChI is InChI=1S/C16H33N3/c1-3-11-18-12-8-16(9-13-18)19(4-2)14-15-7-5-6-10-17-15/h15-17H,3-14H2,1-2H3. The lowest BCUT2D eigenvalue weighted by Crippen LogP contribution is -2.50. The first kappa shape index (κ1) is 15.3. The molecular weight excluding hydrogens is 234 g/mol. The van der Waals surface area contributed by atoms with Gasteiger partial charge >= 0.3 is 0 Å². The third kappa shape index (κ3) is 4.73. The van der Waals surface area contributed by atoms with Crippen LogP contribution in [0.5, 0.6) is 0 Å². The van der Waals surface area contributed by atoms with Crippen molar-refractivity contribution in [1.82, 2.24) is 15.1 Å². The summed E-state index contributed by atoms with van der Waals surface area (Å²) < 4.78 is 0. The number of piperidine rings is 2. The van der Waals surface area contributed by atoms with Gasteiger partial charge in [0.25, 0.3) is 0 Å². The van der Waals surface area contributed by atoms with Crippen LogP contribution >= 0.6 is 0 Å². The molecule has 2 rings (SSSR count). The normalized spacial score (nSPS) is 27.0. The molecule has 1 unspecified atom stereocenters. The van der Waals surface area contributed by atoms with Gasteiger partial charge in [-0.25, -0.2) is 0 Å². The minimum Gasteiger partial charge on any atom is -0.313 e. The summed E-state index contributed by atoms with van der Waals surface area (Å²) in [7, 11) is 0. The third-order valence-electron chi connectivity index (χ3n) is 4.89. The molecule has 2 saturated heterocycles. The van der Waals surface area contributed by atoms with Gasteiger partial charge in [0.2, 0.25) is 0 Å². The van der Waals surface area contributed by atoms with Gasteiger partial charge in [-0.2, -0.15) is 0 Å². The highest BCUT2D eigenvalue weighted by Gasteiger charge is 2.25. The van der Waals surface area contributed by atoms with Crippen molar-refractivity contribution in [2.75, 3.05) is 39.3 Å². The predicted octanol–water partition coefficient (Wildman–Crippen LogP) is 2.32. The van der Waals surface area contributed by atoms with E-state index in [1.807, 2.05) is 0 Å². The van der Waals surface area contributed by atoms with Gasteiger partial charge in [-0.3, -0.25) is 4.90 Å². The summed E-state index contributed by atoms with van der Waals surface area (Å²) in [6, 6.07) is 1.59. The fraction of sp³-hybridized carbons (Fsp3) is 1.00. The minimum atomic E-state index is 0.752. The number of nitrogens with zero attached hydrogens (tertiary/aromatic N) is 2. The Morgan fingerprint density at radius 3 is 2.47 bits per heavy atom. The minimum absolute atomic E-state index is 0.752. The van der Waals surface area contributed by atoms with Crippen LogP contribution in [0, 0.1) is 0 Å². The molecule has 2 fully saturated rings. The fourth-order valence-corrected chi connectivity index (χ4v) is 3.72. The van der Waals surface area contributed by atoms with Gasteiger partial charge in [0.15, 0.2) is 0 Å². The van der Waals surface area contributed by atoms with Gasteiger partial charge in [0, 0.05) is 18.6 Å². The lowest BCUT2D eigenvalue weighted by Gasteiger charge is -2.40. The first-order valence-corrected chi connectivity index (χ1v) is 8.53. The maximum absolute atomic E-state index is 3.70. The molecule has 0 aliphatic carbocycles. The molecule has 2 aliphatic heterocycles. The Kier molecular flexibility index (Phi) is 6.62. The van der Waals surface area contributed by atoms with Gasteiger partial charge in [-0.1, -0.05) is 20.3 Å². The Hall–Kier alpha value is -0.120. The summed E-state index contributed by atoms with van der Waals surface area (Å²) in [5.41, 5.74) is 0. The highest BCUT2D eigenvalue weighted by molar-refractivity contribution is 4.83. The first-order valence-electron chi connectivity index (χ1n) is 8.53. The van der Waals surface area contributed by atoms with Crippen LogP contribution in [0.2, 0.25) is 0 Å². The molecule has 3 nitrogen and oxygen atoms in total. The molecule has 1 atom stereocenters. The van der Waals surface area contributed by atoms with E-state index in [9.17, 15) is 0 Å². The van der Waals surface area contributed by atoms with Crippen molar-refractivity contribution in [2.24, 2.45) is 0 Å². The molecule has 0 aromatic rings.